The number of nitrogen functional groups attached to an aromatic ring is 1. The molecule has 1 aromatic carbocycles. The normalized spacial score (nSPS) is 10.7. The van der Waals surface area contributed by atoms with Crippen molar-refractivity contribution in [3.8, 4) is 11.3 Å². The standard InChI is InChI=1S/C11H10BrFN2S/c1-2-9-15-10(11(14)16-9)6-3-4-7(12)8(13)5-6/h3-5H,2,14H2,1H3. The van der Waals surface area contributed by atoms with Crippen LogP contribution in [0.25, 0.3) is 11.3 Å². The first kappa shape index (κ1) is 11.5. The number of thiazole rings is 1. The molecule has 0 amide bonds. The van der Waals surface area contributed by atoms with Crippen LogP contribution in [0.4, 0.5) is 9.39 Å². The highest BCUT2D eigenvalue weighted by Crippen LogP contribution is 2.32. The van der Waals surface area contributed by atoms with Gasteiger partial charge in [0.15, 0.2) is 0 Å². The lowest BCUT2D eigenvalue weighted by Gasteiger charge is -2.00. The highest BCUT2D eigenvalue weighted by Gasteiger charge is 2.11. The molecule has 0 fully saturated rings. The number of rotatable bonds is 2. The summed E-state index contributed by atoms with van der Waals surface area (Å²) in [5, 5.41) is 1.61. The molecule has 0 saturated heterocycles. The van der Waals surface area contributed by atoms with E-state index in [0.29, 0.717) is 20.7 Å². The summed E-state index contributed by atoms with van der Waals surface area (Å²) >= 11 is 4.57. The van der Waals surface area contributed by atoms with E-state index in [-0.39, 0.29) is 5.82 Å². The predicted octanol–water partition coefficient (Wildman–Crippen LogP) is 3.86. The molecule has 16 heavy (non-hydrogen) atoms. The van der Waals surface area contributed by atoms with Gasteiger partial charge >= 0.3 is 0 Å². The fourth-order valence-corrected chi connectivity index (χ4v) is 2.42. The van der Waals surface area contributed by atoms with Crippen LogP contribution in [0.1, 0.15) is 11.9 Å². The number of hydrogen-bond acceptors (Lipinski definition) is 3. The molecular formula is C11H10BrFN2S. The van der Waals surface area contributed by atoms with Gasteiger partial charge in [-0.15, -0.1) is 11.3 Å². The number of aryl methyl sites for hydroxylation is 1. The first-order valence-corrected chi connectivity index (χ1v) is 6.43. The predicted molar refractivity (Wildman–Crippen MR) is 69.0 cm³/mol. The van der Waals surface area contributed by atoms with Gasteiger partial charge in [-0.2, -0.15) is 0 Å². The highest BCUT2D eigenvalue weighted by atomic mass is 79.9. The van der Waals surface area contributed by atoms with Gasteiger partial charge < -0.3 is 5.73 Å². The highest BCUT2D eigenvalue weighted by molar-refractivity contribution is 9.10. The van der Waals surface area contributed by atoms with Crippen molar-refractivity contribution < 1.29 is 4.39 Å². The molecule has 2 nitrogen and oxygen atoms in total. The maximum Gasteiger partial charge on any atom is 0.138 e. The lowest BCUT2D eigenvalue weighted by Crippen LogP contribution is -1.87. The number of hydrogen-bond donors (Lipinski definition) is 1. The Balaban J connectivity index is 2.49. The van der Waals surface area contributed by atoms with Crippen LogP contribution >= 0.6 is 27.3 Å². The molecule has 2 N–H and O–H groups in total. The van der Waals surface area contributed by atoms with Crippen LogP contribution in [-0.4, -0.2) is 4.98 Å². The molecule has 0 bridgehead atoms. The maximum atomic E-state index is 13.4. The Bertz CT molecular complexity index is 525. The second-order valence-corrected chi connectivity index (χ2v) is 5.27. The number of nitrogens with zero attached hydrogens (tertiary/aromatic N) is 1. The first-order valence-electron chi connectivity index (χ1n) is 4.82. The fourth-order valence-electron chi connectivity index (χ4n) is 1.38. The Morgan fingerprint density at radius 3 is 2.81 bits per heavy atom. The van der Waals surface area contributed by atoms with Gasteiger partial charge in [-0.05, 0) is 34.5 Å². The third-order valence-corrected chi connectivity index (χ3v) is 3.87. The van der Waals surface area contributed by atoms with Crippen LogP contribution in [0.2, 0.25) is 0 Å². The van der Waals surface area contributed by atoms with E-state index >= 15 is 0 Å². The van der Waals surface area contributed by atoms with E-state index < -0.39 is 0 Å². The molecule has 0 spiro atoms. The molecule has 84 valence electrons. The first-order chi connectivity index (χ1) is 7.61. The largest absolute Gasteiger partial charge is 0.389 e. The van der Waals surface area contributed by atoms with Gasteiger partial charge in [-0.3, -0.25) is 0 Å². The molecule has 5 heteroatoms. The molecule has 1 heterocycles. The Morgan fingerprint density at radius 1 is 1.50 bits per heavy atom. The fraction of sp³-hybridized carbons (Fsp3) is 0.182. The van der Waals surface area contributed by atoms with Gasteiger partial charge in [0.2, 0.25) is 0 Å². The van der Waals surface area contributed by atoms with Crippen molar-refractivity contribution in [3.63, 3.8) is 0 Å². The summed E-state index contributed by atoms with van der Waals surface area (Å²) < 4.78 is 13.8. The van der Waals surface area contributed by atoms with E-state index in [0.717, 1.165) is 11.4 Å². The number of nitrogens with two attached hydrogens (primary N) is 1. The van der Waals surface area contributed by atoms with E-state index in [1.54, 1.807) is 12.1 Å². The molecule has 0 unspecified atom stereocenters. The summed E-state index contributed by atoms with van der Waals surface area (Å²) in [6, 6.07) is 4.90. The molecule has 0 aliphatic rings. The van der Waals surface area contributed by atoms with Gasteiger partial charge in [-0.25, -0.2) is 9.37 Å². The summed E-state index contributed by atoms with van der Waals surface area (Å²) in [5.74, 6) is -0.303. The van der Waals surface area contributed by atoms with Gasteiger partial charge in [0, 0.05) is 5.56 Å². The van der Waals surface area contributed by atoms with E-state index in [4.69, 9.17) is 5.73 Å². The van der Waals surface area contributed by atoms with E-state index in [2.05, 4.69) is 20.9 Å². The molecule has 0 radical (unpaired) electrons. The summed E-state index contributed by atoms with van der Waals surface area (Å²) in [6.45, 7) is 2.02. The summed E-state index contributed by atoms with van der Waals surface area (Å²) in [5.41, 5.74) is 7.25. The number of aromatic nitrogens is 1. The Labute approximate surface area is 105 Å². The molecule has 0 saturated carbocycles. The van der Waals surface area contributed by atoms with Gasteiger partial charge in [0.25, 0.3) is 0 Å². The molecule has 2 rings (SSSR count). The van der Waals surface area contributed by atoms with E-state index in [9.17, 15) is 4.39 Å². The zero-order valence-corrected chi connectivity index (χ0v) is 11.0. The van der Waals surface area contributed by atoms with Crippen molar-refractivity contribution in [2.45, 2.75) is 13.3 Å². The van der Waals surface area contributed by atoms with Crippen molar-refractivity contribution in [3.05, 3.63) is 33.5 Å². The average molecular weight is 301 g/mol. The minimum Gasteiger partial charge on any atom is -0.389 e. The van der Waals surface area contributed by atoms with E-state index in [1.807, 2.05) is 6.92 Å². The van der Waals surface area contributed by atoms with Crippen LogP contribution < -0.4 is 5.73 Å². The second kappa shape index (κ2) is 4.51. The molecule has 2 aromatic rings. The van der Waals surface area contributed by atoms with Crippen molar-refractivity contribution in [2.24, 2.45) is 0 Å². The molecule has 0 aliphatic heterocycles. The van der Waals surface area contributed by atoms with Gasteiger partial charge in [0.1, 0.15) is 16.5 Å². The maximum absolute atomic E-state index is 13.4. The quantitative estimate of drug-likeness (QED) is 0.915. The monoisotopic (exact) mass is 300 g/mol. The van der Waals surface area contributed by atoms with Crippen LogP contribution in [-0.2, 0) is 6.42 Å². The number of anilines is 1. The molecule has 1 aromatic heterocycles. The number of halogens is 2. The lowest BCUT2D eigenvalue weighted by atomic mass is 10.1. The SMILES string of the molecule is CCc1nc(-c2ccc(Br)c(F)c2)c(N)s1. The van der Waals surface area contributed by atoms with Crippen molar-refractivity contribution in [1.82, 2.24) is 4.98 Å². The Morgan fingerprint density at radius 2 is 2.25 bits per heavy atom. The van der Waals surface area contributed by atoms with Crippen molar-refractivity contribution in [1.29, 1.82) is 0 Å². The summed E-state index contributed by atoms with van der Waals surface area (Å²) in [4.78, 5) is 4.38. The van der Waals surface area contributed by atoms with Crippen LogP contribution in [0.5, 0.6) is 0 Å². The molecule has 0 aliphatic carbocycles. The second-order valence-electron chi connectivity index (χ2n) is 3.30. The lowest BCUT2D eigenvalue weighted by molar-refractivity contribution is 0.621. The smallest absolute Gasteiger partial charge is 0.138 e. The van der Waals surface area contributed by atoms with Crippen LogP contribution in [0.15, 0.2) is 22.7 Å². The average Bonchev–Trinajstić information content (AvgIpc) is 2.64. The summed E-state index contributed by atoms with van der Waals surface area (Å²) in [6.07, 6.45) is 0.841. The Kier molecular flexibility index (Phi) is 3.25. The topological polar surface area (TPSA) is 38.9 Å². The zero-order chi connectivity index (χ0) is 11.7. The van der Waals surface area contributed by atoms with Crippen LogP contribution in [0.3, 0.4) is 0 Å². The minimum absolute atomic E-state index is 0.303. The summed E-state index contributed by atoms with van der Waals surface area (Å²) in [7, 11) is 0. The number of benzene rings is 1. The van der Waals surface area contributed by atoms with Crippen molar-refractivity contribution in [2.75, 3.05) is 5.73 Å². The van der Waals surface area contributed by atoms with Crippen LogP contribution in [0, 0.1) is 5.82 Å². The van der Waals surface area contributed by atoms with Crippen molar-refractivity contribution >= 4 is 32.3 Å². The Hall–Kier alpha value is -0.940. The third-order valence-electron chi connectivity index (χ3n) is 2.19. The van der Waals surface area contributed by atoms with E-state index in [1.165, 1.54) is 17.4 Å². The molecule has 0 atom stereocenters. The van der Waals surface area contributed by atoms with Gasteiger partial charge in [-0.1, -0.05) is 13.0 Å². The van der Waals surface area contributed by atoms with Gasteiger partial charge in [0.05, 0.1) is 9.48 Å². The minimum atomic E-state index is -0.303. The molecular weight excluding hydrogens is 291 g/mol. The third kappa shape index (κ3) is 2.10. The zero-order valence-electron chi connectivity index (χ0n) is 8.63.